The van der Waals surface area contributed by atoms with Crippen LogP contribution in [0.15, 0.2) is 120 Å². The van der Waals surface area contributed by atoms with Crippen LogP contribution in [0.2, 0.25) is 0 Å². The molecule has 9 nitrogen and oxygen atoms in total. The van der Waals surface area contributed by atoms with Crippen molar-refractivity contribution in [1.82, 2.24) is 5.43 Å². The molecule has 9 heteroatoms. The number of amides is 1. The summed E-state index contributed by atoms with van der Waals surface area (Å²) in [6.45, 7) is 3.56. The highest BCUT2D eigenvalue weighted by Gasteiger charge is 2.13. The molecule has 0 fully saturated rings. The predicted octanol–water partition coefficient (Wildman–Crippen LogP) is 7.60. The van der Waals surface area contributed by atoms with Gasteiger partial charge in [0.05, 0.1) is 27.0 Å². The number of benzene rings is 5. The van der Waals surface area contributed by atoms with Crippen LogP contribution in [0.4, 0.5) is 0 Å². The lowest BCUT2D eigenvalue weighted by Crippen LogP contribution is -2.17. The maximum Gasteiger partial charge on any atom is 0.271 e. The van der Waals surface area contributed by atoms with Gasteiger partial charge in [0.1, 0.15) is 19.8 Å². The molecule has 5 aromatic carbocycles. The Kier molecular flexibility index (Phi) is 11.9. The molecule has 5 aromatic rings. The molecule has 48 heavy (non-hydrogen) atoms. The van der Waals surface area contributed by atoms with E-state index >= 15 is 0 Å². The second-order valence-corrected chi connectivity index (χ2v) is 10.5. The van der Waals surface area contributed by atoms with Crippen molar-refractivity contribution < 1.29 is 33.2 Å². The molecule has 0 spiro atoms. The van der Waals surface area contributed by atoms with Gasteiger partial charge in [-0.1, -0.05) is 66.7 Å². The van der Waals surface area contributed by atoms with Gasteiger partial charge in [-0.05, 0) is 77.7 Å². The molecule has 5 rings (SSSR count). The number of nitrogens with zero attached hydrogens (tertiary/aromatic N) is 1. The largest absolute Gasteiger partial charge is 0.493 e. The summed E-state index contributed by atoms with van der Waals surface area (Å²) in [6.07, 6.45) is 1.53. The number of methoxy groups -OCH3 is 2. The van der Waals surface area contributed by atoms with Crippen LogP contribution in [0.25, 0.3) is 0 Å². The SMILES string of the molecule is CCOc1cc(COc2ccc(/C=N/NC(=O)c3ccc(OCc4ccccc4)c(OC)c3)cc2OC)ccc1OCc1ccccc1. The van der Waals surface area contributed by atoms with Gasteiger partial charge < -0.3 is 28.4 Å². The smallest absolute Gasteiger partial charge is 0.271 e. The maximum atomic E-state index is 12.8. The summed E-state index contributed by atoms with van der Waals surface area (Å²) in [7, 11) is 3.10. The first-order valence-electron chi connectivity index (χ1n) is 15.5. The number of carbonyl (C=O) groups is 1. The molecule has 0 saturated carbocycles. The molecule has 0 unspecified atom stereocenters. The van der Waals surface area contributed by atoms with Gasteiger partial charge in [0, 0.05) is 5.56 Å². The summed E-state index contributed by atoms with van der Waals surface area (Å²) >= 11 is 0. The van der Waals surface area contributed by atoms with Crippen molar-refractivity contribution >= 4 is 12.1 Å². The van der Waals surface area contributed by atoms with Crippen LogP contribution >= 0.6 is 0 Å². The molecule has 246 valence electrons. The Balaban J connectivity index is 1.16. The first-order valence-corrected chi connectivity index (χ1v) is 15.5. The summed E-state index contributed by atoms with van der Waals surface area (Å²) in [4.78, 5) is 12.8. The third-order valence-corrected chi connectivity index (χ3v) is 7.17. The molecule has 0 aliphatic carbocycles. The first kappa shape index (κ1) is 33.4. The molecule has 0 aromatic heterocycles. The van der Waals surface area contributed by atoms with Gasteiger partial charge in [0.25, 0.3) is 5.91 Å². The van der Waals surface area contributed by atoms with E-state index in [-0.39, 0.29) is 0 Å². The van der Waals surface area contributed by atoms with Crippen molar-refractivity contribution in [2.24, 2.45) is 5.10 Å². The number of hydrogen-bond acceptors (Lipinski definition) is 8. The lowest BCUT2D eigenvalue weighted by atomic mass is 10.2. The highest BCUT2D eigenvalue weighted by molar-refractivity contribution is 5.95. The Labute approximate surface area is 280 Å². The number of ether oxygens (including phenoxy) is 6. The summed E-state index contributed by atoms with van der Waals surface area (Å²) in [5, 5.41) is 4.12. The minimum atomic E-state index is -0.394. The molecule has 1 N–H and O–H groups in total. The van der Waals surface area contributed by atoms with E-state index in [4.69, 9.17) is 28.4 Å². The van der Waals surface area contributed by atoms with E-state index in [0.717, 1.165) is 16.7 Å². The Morgan fingerprint density at radius 1 is 0.583 bits per heavy atom. The zero-order valence-corrected chi connectivity index (χ0v) is 27.2. The minimum Gasteiger partial charge on any atom is -0.493 e. The van der Waals surface area contributed by atoms with Crippen LogP contribution in [0, 0.1) is 0 Å². The first-order chi connectivity index (χ1) is 23.6. The zero-order chi connectivity index (χ0) is 33.6. The molecule has 0 aliphatic heterocycles. The van der Waals surface area contributed by atoms with E-state index in [1.54, 1.807) is 37.4 Å². The summed E-state index contributed by atoms with van der Waals surface area (Å²) in [5.74, 6) is 2.99. The van der Waals surface area contributed by atoms with Crippen LogP contribution in [0.1, 0.15) is 39.5 Å². The molecule has 0 heterocycles. The molecule has 1 amide bonds. The van der Waals surface area contributed by atoms with Crippen molar-refractivity contribution in [2.45, 2.75) is 26.7 Å². The van der Waals surface area contributed by atoms with E-state index in [2.05, 4.69) is 10.5 Å². The van der Waals surface area contributed by atoms with E-state index in [0.29, 0.717) is 72.1 Å². The Bertz CT molecular complexity index is 1810. The van der Waals surface area contributed by atoms with Crippen LogP contribution in [0.3, 0.4) is 0 Å². The van der Waals surface area contributed by atoms with E-state index in [1.807, 2.05) is 91.9 Å². The van der Waals surface area contributed by atoms with Gasteiger partial charge >= 0.3 is 0 Å². The second-order valence-electron chi connectivity index (χ2n) is 10.5. The van der Waals surface area contributed by atoms with Gasteiger partial charge in [0.2, 0.25) is 0 Å². The van der Waals surface area contributed by atoms with Crippen LogP contribution in [-0.2, 0) is 19.8 Å². The molecule has 0 atom stereocenters. The lowest BCUT2D eigenvalue weighted by molar-refractivity contribution is 0.0954. The van der Waals surface area contributed by atoms with Crippen molar-refractivity contribution in [1.29, 1.82) is 0 Å². The molecule has 0 saturated heterocycles. The number of hydrogen-bond donors (Lipinski definition) is 1. The molecule has 0 bridgehead atoms. The second kappa shape index (κ2) is 17.1. The monoisotopic (exact) mass is 646 g/mol. The fourth-order valence-electron chi connectivity index (χ4n) is 4.70. The number of hydrazone groups is 1. The summed E-state index contributed by atoms with van der Waals surface area (Å²) < 4.78 is 34.8. The van der Waals surface area contributed by atoms with Crippen molar-refractivity contribution in [2.75, 3.05) is 20.8 Å². The van der Waals surface area contributed by atoms with Crippen molar-refractivity contribution in [3.63, 3.8) is 0 Å². The summed E-state index contributed by atoms with van der Waals surface area (Å²) in [5.41, 5.74) is 6.65. The Hall–Kier alpha value is -5.96. The fraction of sp³-hybridized carbons (Fsp3) is 0.179. The van der Waals surface area contributed by atoms with Gasteiger partial charge in [-0.2, -0.15) is 5.10 Å². The average Bonchev–Trinajstić information content (AvgIpc) is 3.13. The minimum absolute atomic E-state index is 0.290. The highest BCUT2D eigenvalue weighted by atomic mass is 16.5. The molecule has 0 aliphatic rings. The predicted molar refractivity (Wildman–Crippen MR) is 185 cm³/mol. The third kappa shape index (κ3) is 9.29. The third-order valence-electron chi connectivity index (χ3n) is 7.17. The van der Waals surface area contributed by atoms with Crippen molar-refractivity contribution in [3.05, 3.63) is 143 Å². The maximum absolute atomic E-state index is 12.8. The van der Waals surface area contributed by atoms with Gasteiger partial charge in [-0.15, -0.1) is 0 Å². The molecular formula is C39H38N2O7. The number of nitrogens with one attached hydrogen (secondary N) is 1. The van der Waals surface area contributed by atoms with Crippen LogP contribution < -0.4 is 33.8 Å². The van der Waals surface area contributed by atoms with Gasteiger partial charge in [-0.25, -0.2) is 5.43 Å². The molecule has 0 radical (unpaired) electrons. The van der Waals surface area contributed by atoms with E-state index < -0.39 is 5.91 Å². The Morgan fingerprint density at radius 2 is 1.12 bits per heavy atom. The van der Waals surface area contributed by atoms with Crippen LogP contribution in [0.5, 0.6) is 34.5 Å². The van der Waals surface area contributed by atoms with Crippen molar-refractivity contribution in [3.8, 4) is 34.5 Å². The quantitative estimate of drug-likeness (QED) is 0.0871. The summed E-state index contributed by atoms with van der Waals surface area (Å²) in [6, 6.07) is 35.9. The van der Waals surface area contributed by atoms with Crippen LogP contribution in [-0.4, -0.2) is 32.9 Å². The average molecular weight is 647 g/mol. The van der Waals surface area contributed by atoms with Gasteiger partial charge in [0.15, 0.2) is 34.5 Å². The van der Waals surface area contributed by atoms with E-state index in [1.165, 1.54) is 13.3 Å². The normalized spacial score (nSPS) is 10.7. The highest BCUT2D eigenvalue weighted by Crippen LogP contribution is 2.32. The zero-order valence-electron chi connectivity index (χ0n) is 27.2. The van der Waals surface area contributed by atoms with Gasteiger partial charge in [-0.3, -0.25) is 4.79 Å². The fourth-order valence-corrected chi connectivity index (χ4v) is 4.70. The van der Waals surface area contributed by atoms with E-state index in [9.17, 15) is 4.79 Å². The Morgan fingerprint density at radius 3 is 1.73 bits per heavy atom. The number of carbonyl (C=O) groups excluding carboxylic acids is 1. The lowest BCUT2D eigenvalue weighted by Gasteiger charge is -2.15. The topological polar surface area (TPSA) is 96.8 Å². The number of rotatable bonds is 16. The molecular weight excluding hydrogens is 608 g/mol. The standard InChI is InChI=1S/C39H38N2O7/c1-4-45-38-22-31(16-19-35(38)47-26-29-13-9-6-10-14-29)27-48-33-18-15-30(21-36(33)43-2)24-40-41-39(42)32-17-20-34(37(23-32)44-3)46-25-28-11-7-5-8-12-28/h5-24H,4,25-27H2,1-3H3,(H,41,42)/b40-24+.